The first-order chi connectivity index (χ1) is 15.9. The van der Waals surface area contributed by atoms with Crippen LogP contribution < -0.4 is 15.4 Å². The third-order valence-electron chi connectivity index (χ3n) is 5.70. The topological polar surface area (TPSA) is 93.7 Å². The highest BCUT2D eigenvalue weighted by Crippen LogP contribution is 2.30. The number of rotatable bonds is 9. The van der Waals surface area contributed by atoms with E-state index in [1.54, 1.807) is 48.5 Å². The lowest BCUT2D eigenvalue weighted by atomic mass is 9.85. The quantitative estimate of drug-likeness (QED) is 0.425. The molecule has 7 nitrogen and oxygen atoms in total. The van der Waals surface area contributed by atoms with Crippen LogP contribution in [0.3, 0.4) is 0 Å². The summed E-state index contributed by atoms with van der Waals surface area (Å²) in [6.07, 6.45) is 4.25. The molecular formula is C25H29ClN2O5. The molecule has 2 aromatic carbocycles. The maximum absolute atomic E-state index is 12.3. The lowest BCUT2D eigenvalue weighted by Gasteiger charge is -2.28. The van der Waals surface area contributed by atoms with E-state index < -0.39 is 0 Å². The summed E-state index contributed by atoms with van der Waals surface area (Å²) in [4.78, 5) is 35.8. The van der Waals surface area contributed by atoms with E-state index in [1.807, 2.05) is 0 Å². The van der Waals surface area contributed by atoms with Crippen LogP contribution in [0, 0.1) is 5.92 Å². The summed E-state index contributed by atoms with van der Waals surface area (Å²) in [6.45, 7) is 0.623. The van der Waals surface area contributed by atoms with Gasteiger partial charge in [0.25, 0.3) is 11.8 Å². The van der Waals surface area contributed by atoms with E-state index in [9.17, 15) is 14.4 Å². The van der Waals surface area contributed by atoms with Crippen molar-refractivity contribution >= 4 is 29.4 Å². The fourth-order valence-electron chi connectivity index (χ4n) is 3.81. The highest BCUT2D eigenvalue weighted by molar-refractivity contribution is 6.30. The summed E-state index contributed by atoms with van der Waals surface area (Å²) in [5.74, 6) is 0.488. The van der Waals surface area contributed by atoms with E-state index in [-0.39, 0.29) is 23.9 Å². The van der Waals surface area contributed by atoms with Crippen molar-refractivity contribution in [3.05, 3.63) is 64.7 Å². The molecule has 8 heteroatoms. The van der Waals surface area contributed by atoms with Crippen LogP contribution in [0.1, 0.15) is 52.8 Å². The highest BCUT2D eigenvalue weighted by atomic mass is 35.5. The summed E-state index contributed by atoms with van der Waals surface area (Å²) in [5, 5.41) is 6.11. The Morgan fingerprint density at radius 1 is 0.848 bits per heavy atom. The molecule has 0 atom stereocenters. The van der Waals surface area contributed by atoms with Gasteiger partial charge in [-0.1, -0.05) is 11.6 Å². The van der Waals surface area contributed by atoms with Gasteiger partial charge in [-0.05, 0) is 80.1 Å². The Hall–Kier alpha value is -3.06. The predicted octanol–water partition coefficient (Wildman–Crippen LogP) is 4.00. The van der Waals surface area contributed by atoms with Crippen molar-refractivity contribution in [2.75, 3.05) is 20.2 Å². The minimum Gasteiger partial charge on any atom is -0.490 e. The van der Waals surface area contributed by atoms with Crippen molar-refractivity contribution in [2.45, 2.75) is 38.2 Å². The molecule has 1 aliphatic rings. The van der Waals surface area contributed by atoms with Gasteiger partial charge in [0.05, 0.1) is 13.2 Å². The van der Waals surface area contributed by atoms with Crippen molar-refractivity contribution in [3.8, 4) is 5.75 Å². The summed E-state index contributed by atoms with van der Waals surface area (Å²) < 4.78 is 10.8. The average molecular weight is 473 g/mol. The second kappa shape index (κ2) is 12.3. The normalized spacial score (nSPS) is 17.6. The van der Waals surface area contributed by atoms with Crippen LogP contribution >= 0.6 is 11.6 Å². The average Bonchev–Trinajstić information content (AvgIpc) is 2.83. The summed E-state index contributed by atoms with van der Waals surface area (Å²) >= 11 is 5.82. The highest BCUT2D eigenvalue weighted by Gasteiger charge is 2.24. The summed E-state index contributed by atoms with van der Waals surface area (Å²) in [6, 6.07) is 13.6. The SMILES string of the molecule is COC(=O)CC1CCC(Oc2ccc(C(=O)NCCNC(=O)c3ccc(Cl)cc3)cc2)CC1. The van der Waals surface area contributed by atoms with Crippen LogP contribution in [0.15, 0.2) is 48.5 Å². The Morgan fingerprint density at radius 3 is 1.88 bits per heavy atom. The second-order valence-electron chi connectivity index (χ2n) is 8.08. The number of carbonyl (C=O) groups is 3. The second-order valence-corrected chi connectivity index (χ2v) is 8.52. The Bertz CT molecular complexity index is 938. The van der Waals surface area contributed by atoms with Gasteiger partial charge in [0.15, 0.2) is 0 Å². The molecule has 1 aliphatic carbocycles. The minimum atomic E-state index is -0.221. The Labute approximate surface area is 198 Å². The monoisotopic (exact) mass is 472 g/mol. The van der Waals surface area contributed by atoms with Gasteiger partial charge in [0.1, 0.15) is 5.75 Å². The number of nitrogens with one attached hydrogen (secondary N) is 2. The largest absolute Gasteiger partial charge is 0.490 e. The van der Waals surface area contributed by atoms with E-state index in [0.717, 1.165) is 31.4 Å². The zero-order chi connectivity index (χ0) is 23.6. The van der Waals surface area contributed by atoms with Crippen LogP contribution in [-0.4, -0.2) is 44.1 Å². The lowest BCUT2D eigenvalue weighted by Crippen LogP contribution is -2.34. The Kier molecular flexibility index (Phi) is 9.13. The minimum absolute atomic E-state index is 0.114. The molecule has 3 rings (SSSR count). The molecule has 0 heterocycles. The lowest BCUT2D eigenvalue weighted by molar-refractivity contribution is -0.142. The fourth-order valence-corrected chi connectivity index (χ4v) is 3.93. The van der Waals surface area contributed by atoms with Crippen LogP contribution in [-0.2, 0) is 9.53 Å². The van der Waals surface area contributed by atoms with E-state index >= 15 is 0 Å². The number of ether oxygens (including phenoxy) is 2. The molecule has 2 aromatic rings. The third kappa shape index (κ3) is 7.79. The maximum atomic E-state index is 12.3. The first kappa shape index (κ1) is 24.6. The standard InChI is InChI=1S/C25H29ClN2O5/c1-32-23(29)16-17-2-10-21(11-3-17)33-22-12-6-19(7-13-22)25(31)28-15-14-27-24(30)18-4-8-20(26)9-5-18/h4-9,12-13,17,21H,2-3,10-11,14-16H2,1H3,(H,27,30)(H,28,31). The zero-order valence-corrected chi connectivity index (χ0v) is 19.4. The number of carbonyl (C=O) groups excluding carboxylic acids is 3. The number of amides is 2. The smallest absolute Gasteiger partial charge is 0.305 e. The van der Waals surface area contributed by atoms with Crippen molar-refractivity contribution in [1.29, 1.82) is 0 Å². The molecule has 0 aromatic heterocycles. The first-order valence-electron chi connectivity index (χ1n) is 11.1. The summed E-state index contributed by atoms with van der Waals surface area (Å²) in [7, 11) is 1.42. The number of halogens is 1. The summed E-state index contributed by atoms with van der Waals surface area (Å²) in [5.41, 5.74) is 1.03. The van der Waals surface area contributed by atoms with Crippen molar-refractivity contribution < 1.29 is 23.9 Å². The van der Waals surface area contributed by atoms with Gasteiger partial charge < -0.3 is 20.1 Å². The molecule has 0 bridgehead atoms. The molecule has 0 unspecified atom stereocenters. The van der Waals surface area contributed by atoms with Crippen LogP contribution in [0.2, 0.25) is 5.02 Å². The number of methoxy groups -OCH3 is 1. The van der Waals surface area contributed by atoms with Gasteiger partial charge in [-0.15, -0.1) is 0 Å². The molecule has 2 amide bonds. The van der Waals surface area contributed by atoms with Crippen molar-refractivity contribution in [1.82, 2.24) is 10.6 Å². The number of benzene rings is 2. The molecule has 0 spiro atoms. The molecule has 176 valence electrons. The van der Waals surface area contributed by atoms with E-state index in [4.69, 9.17) is 21.1 Å². The van der Waals surface area contributed by atoms with Gasteiger partial charge >= 0.3 is 5.97 Å². The van der Waals surface area contributed by atoms with E-state index in [1.165, 1.54) is 7.11 Å². The van der Waals surface area contributed by atoms with E-state index in [0.29, 0.717) is 41.6 Å². The number of hydrogen-bond acceptors (Lipinski definition) is 5. The van der Waals surface area contributed by atoms with Gasteiger partial charge in [-0.25, -0.2) is 0 Å². The Morgan fingerprint density at radius 2 is 1.36 bits per heavy atom. The van der Waals surface area contributed by atoms with Crippen molar-refractivity contribution in [3.63, 3.8) is 0 Å². The Balaban J connectivity index is 1.36. The van der Waals surface area contributed by atoms with Crippen LogP contribution in [0.5, 0.6) is 5.75 Å². The van der Waals surface area contributed by atoms with Crippen LogP contribution in [0.25, 0.3) is 0 Å². The molecule has 33 heavy (non-hydrogen) atoms. The maximum Gasteiger partial charge on any atom is 0.305 e. The molecule has 1 saturated carbocycles. The third-order valence-corrected chi connectivity index (χ3v) is 5.95. The molecule has 1 fully saturated rings. The molecule has 2 N–H and O–H groups in total. The van der Waals surface area contributed by atoms with E-state index in [2.05, 4.69) is 10.6 Å². The molecule has 0 saturated heterocycles. The first-order valence-corrected chi connectivity index (χ1v) is 11.5. The number of esters is 1. The predicted molar refractivity (Wildman–Crippen MR) is 126 cm³/mol. The van der Waals surface area contributed by atoms with Gasteiger partial charge in [0.2, 0.25) is 0 Å². The number of hydrogen-bond donors (Lipinski definition) is 2. The molecular weight excluding hydrogens is 444 g/mol. The molecule has 0 radical (unpaired) electrons. The van der Waals surface area contributed by atoms with Gasteiger partial charge in [-0.3, -0.25) is 14.4 Å². The molecule has 0 aliphatic heterocycles. The fraction of sp³-hybridized carbons (Fsp3) is 0.400. The van der Waals surface area contributed by atoms with Crippen LogP contribution in [0.4, 0.5) is 0 Å². The van der Waals surface area contributed by atoms with Gasteiger partial charge in [0, 0.05) is 35.7 Å². The van der Waals surface area contributed by atoms with Crippen molar-refractivity contribution in [2.24, 2.45) is 5.92 Å². The van der Waals surface area contributed by atoms with Gasteiger partial charge in [-0.2, -0.15) is 0 Å². The zero-order valence-electron chi connectivity index (χ0n) is 18.6.